The fourth-order valence-electron chi connectivity index (χ4n) is 2.49. The van der Waals surface area contributed by atoms with Crippen molar-refractivity contribution >= 4 is 5.97 Å². The molecule has 3 atom stereocenters. The Balaban J connectivity index is 2.46. The van der Waals surface area contributed by atoms with Gasteiger partial charge in [0.1, 0.15) is 11.7 Å². The standard InChI is InChI=1S/C13H16FNO3/c1-8-11(12(16)17-2)13(15,7-18-8)9-5-3-4-6-10(9)14/h3-6,8,11H,7,15H2,1-2H3. The number of halogens is 1. The van der Waals surface area contributed by atoms with Crippen molar-refractivity contribution in [1.29, 1.82) is 0 Å². The molecule has 1 aromatic rings. The second-order valence-corrected chi connectivity index (χ2v) is 4.54. The molecule has 0 bridgehead atoms. The van der Waals surface area contributed by atoms with Crippen LogP contribution in [0.2, 0.25) is 0 Å². The van der Waals surface area contributed by atoms with Crippen molar-refractivity contribution < 1.29 is 18.7 Å². The average Bonchev–Trinajstić information content (AvgIpc) is 2.66. The first-order chi connectivity index (χ1) is 8.50. The molecule has 3 unspecified atom stereocenters. The van der Waals surface area contributed by atoms with Gasteiger partial charge in [-0.15, -0.1) is 0 Å². The van der Waals surface area contributed by atoms with E-state index >= 15 is 0 Å². The van der Waals surface area contributed by atoms with Crippen molar-refractivity contribution in [2.45, 2.75) is 18.6 Å². The van der Waals surface area contributed by atoms with Crippen LogP contribution < -0.4 is 5.73 Å². The lowest BCUT2D eigenvalue weighted by Gasteiger charge is -2.29. The Kier molecular flexibility index (Phi) is 3.36. The maximum absolute atomic E-state index is 13.9. The summed E-state index contributed by atoms with van der Waals surface area (Å²) in [5.41, 5.74) is 5.33. The number of hydrogen-bond acceptors (Lipinski definition) is 4. The quantitative estimate of drug-likeness (QED) is 0.804. The van der Waals surface area contributed by atoms with Gasteiger partial charge in [-0.1, -0.05) is 18.2 Å². The molecule has 1 saturated heterocycles. The summed E-state index contributed by atoms with van der Waals surface area (Å²) in [6.45, 7) is 1.83. The summed E-state index contributed by atoms with van der Waals surface area (Å²) in [6.07, 6.45) is -0.401. The number of methoxy groups -OCH3 is 1. The minimum Gasteiger partial charge on any atom is -0.469 e. The first-order valence-corrected chi connectivity index (χ1v) is 5.74. The lowest BCUT2D eigenvalue weighted by Crippen LogP contribution is -2.49. The van der Waals surface area contributed by atoms with E-state index in [1.165, 1.54) is 13.2 Å². The summed E-state index contributed by atoms with van der Waals surface area (Å²) in [5, 5.41) is 0. The van der Waals surface area contributed by atoms with Gasteiger partial charge in [-0.3, -0.25) is 4.79 Å². The van der Waals surface area contributed by atoms with Gasteiger partial charge in [-0.2, -0.15) is 0 Å². The molecule has 0 radical (unpaired) electrons. The molecule has 98 valence electrons. The number of carbonyl (C=O) groups is 1. The normalized spacial score (nSPS) is 31.3. The Bertz CT molecular complexity index is 465. The molecular weight excluding hydrogens is 237 g/mol. The molecule has 0 aliphatic carbocycles. The predicted molar refractivity (Wildman–Crippen MR) is 63.2 cm³/mol. The first-order valence-electron chi connectivity index (χ1n) is 5.74. The molecule has 0 amide bonds. The molecule has 1 heterocycles. The predicted octanol–water partition coefficient (Wildman–Crippen LogP) is 1.19. The third-order valence-corrected chi connectivity index (χ3v) is 3.44. The summed E-state index contributed by atoms with van der Waals surface area (Å²) in [6, 6.07) is 6.16. The first kappa shape index (κ1) is 13.0. The smallest absolute Gasteiger partial charge is 0.313 e. The largest absolute Gasteiger partial charge is 0.469 e. The third kappa shape index (κ3) is 1.89. The van der Waals surface area contributed by atoms with Crippen LogP contribution in [0.25, 0.3) is 0 Å². The molecule has 5 heteroatoms. The van der Waals surface area contributed by atoms with Gasteiger partial charge < -0.3 is 15.2 Å². The minimum atomic E-state index is -1.18. The summed E-state index contributed by atoms with van der Waals surface area (Å²) < 4.78 is 24.0. The second-order valence-electron chi connectivity index (χ2n) is 4.54. The van der Waals surface area contributed by atoms with Crippen LogP contribution in [0.5, 0.6) is 0 Å². The van der Waals surface area contributed by atoms with E-state index in [1.807, 2.05) is 0 Å². The van der Waals surface area contributed by atoms with Crippen LogP contribution >= 0.6 is 0 Å². The maximum Gasteiger partial charge on any atom is 0.313 e. The number of rotatable bonds is 2. The third-order valence-electron chi connectivity index (χ3n) is 3.44. The zero-order valence-corrected chi connectivity index (χ0v) is 10.4. The van der Waals surface area contributed by atoms with Crippen LogP contribution in [0.15, 0.2) is 24.3 Å². The SMILES string of the molecule is COC(=O)C1C(C)OCC1(N)c1ccccc1F. The number of esters is 1. The van der Waals surface area contributed by atoms with E-state index in [-0.39, 0.29) is 12.2 Å². The van der Waals surface area contributed by atoms with Gasteiger partial charge in [0.25, 0.3) is 0 Å². The highest BCUT2D eigenvalue weighted by Crippen LogP contribution is 2.38. The molecule has 2 N–H and O–H groups in total. The molecule has 0 saturated carbocycles. The van der Waals surface area contributed by atoms with Crippen LogP contribution in [-0.2, 0) is 19.8 Å². The number of carbonyl (C=O) groups excluding carboxylic acids is 1. The molecule has 4 nitrogen and oxygen atoms in total. The highest BCUT2D eigenvalue weighted by atomic mass is 19.1. The molecular formula is C13H16FNO3. The van der Waals surface area contributed by atoms with Crippen molar-refractivity contribution in [3.8, 4) is 0 Å². The van der Waals surface area contributed by atoms with Crippen molar-refractivity contribution in [3.05, 3.63) is 35.6 Å². The van der Waals surface area contributed by atoms with Crippen molar-refractivity contribution in [2.24, 2.45) is 11.7 Å². The summed E-state index contributed by atoms with van der Waals surface area (Å²) in [4.78, 5) is 11.8. The van der Waals surface area contributed by atoms with Crippen LogP contribution in [0, 0.1) is 11.7 Å². The molecule has 1 aromatic carbocycles. The van der Waals surface area contributed by atoms with Gasteiger partial charge in [0, 0.05) is 5.56 Å². The van der Waals surface area contributed by atoms with Gasteiger partial charge >= 0.3 is 5.97 Å². The van der Waals surface area contributed by atoms with Gasteiger partial charge in [0.05, 0.1) is 25.4 Å². The van der Waals surface area contributed by atoms with Crippen LogP contribution in [0.3, 0.4) is 0 Å². The molecule has 0 aromatic heterocycles. The molecule has 18 heavy (non-hydrogen) atoms. The molecule has 2 rings (SSSR count). The zero-order chi connectivity index (χ0) is 13.3. The number of benzene rings is 1. The minimum absolute atomic E-state index is 0.0921. The van der Waals surface area contributed by atoms with E-state index in [9.17, 15) is 9.18 Å². The highest BCUT2D eigenvalue weighted by molar-refractivity contribution is 5.75. The van der Waals surface area contributed by atoms with Crippen LogP contribution in [0.4, 0.5) is 4.39 Å². The Morgan fingerprint density at radius 3 is 2.83 bits per heavy atom. The lowest BCUT2D eigenvalue weighted by atomic mass is 9.78. The summed E-state index contributed by atoms with van der Waals surface area (Å²) >= 11 is 0. The van der Waals surface area contributed by atoms with Crippen LogP contribution in [-0.4, -0.2) is 25.8 Å². The van der Waals surface area contributed by atoms with Gasteiger partial charge in [-0.25, -0.2) is 4.39 Å². The molecule has 1 fully saturated rings. The van der Waals surface area contributed by atoms with E-state index in [0.717, 1.165) is 0 Å². The Hall–Kier alpha value is -1.46. The van der Waals surface area contributed by atoms with Crippen LogP contribution in [0.1, 0.15) is 12.5 Å². The fraction of sp³-hybridized carbons (Fsp3) is 0.462. The topological polar surface area (TPSA) is 61.5 Å². The maximum atomic E-state index is 13.9. The number of ether oxygens (including phenoxy) is 2. The van der Waals surface area contributed by atoms with E-state index < -0.39 is 29.3 Å². The fourth-order valence-corrected chi connectivity index (χ4v) is 2.49. The Morgan fingerprint density at radius 1 is 1.56 bits per heavy atom. The molecule has 1 aliphatic rings. The zero-order valence-electron chi connectivity index (χ0n) is 10.4. The van der Waals surface area contributed by atoms with E-state index in [0.29, 0.717) is 0 Å². The van der Waals surface area contributed by atoms with Crippen molar-refractivity contribution in [3.63, 3.8) is 0 Å². The van der Waals surface area contributed by atoms with E-state index in [1.54, 1.807) is 25.1 Å². The van der Waals surface area contributed by atoms with Crippen molar-refractivity contribution in [1.82, 2.24) is 0 Å². The Labute approximate surface area is 105 Å². The van der Waals surface area contributed by atoms with E-state index in [4.69, 9.17) is 15.2 Å². The summed E-state index contributed by atoms with van der Waals surface area (Å²) in [5.74, 6) is -1.63. The number of hydrogen-bond donors (Lipinski definition) is 1. The number of nitrogens with two attached hydrogens (primary N) is 1. The van der Waals surface area contributed by atoms with Crippen molar-refractivity contribution in [2.75, 3.05) is 13.7 Å². The molecule has 1 aliphatic heterocycles. The summed E-state index contributed by atoms with van der Waals surface area (Å²) in [7, 11) is 1.29. The Morgan fingerprint density at radius 2 is 2.22 bits per heavy atom. The second kappa shape index (κ2) is 4.66. The average molecular weight is 253 g/mol. The van der Waals surface area contributed by atoms with Gasteiger partial charge in [0.2, 0.25) is 0 Å². The van der Waals surface area contributed by atoms with Gasteiger partial charge in [-0.05, 0) is 13.0 Å². The molecule has 0 spiro atoms. The lowest BCUT2D eigenvalue weighted by molar-refractivity contribution is -0.148. The van der Waals surface area contributed by atoms with E-state index in [2.05, 4.69) is 0 Å². The van der Waals surface area contributed by atoms with Gasteiger partial charge in [0.15, 0.2) is 0 Å². The highest BCUT2D eigenvalue weighted by Gasteiger charge is 2.52. The monoisotopic (exact) mass is 253 g/mol.